The van der Waals surface area contributed by atoms with Crippen molar-refractivity contribution in [2.24, 2.45) is 0 Å². The lowest BCUT2D eigenvalue weighted by Crippen LogP contribution is -1.96. The largest absolute Gasteiger partial charge is 0.486 e. The lowest BCUT2D eigenvalue weighted by Gasteiger charge is -2.06. The summed E-state index contributed by atoms with van der Waals surface area (Å²) in [6.45, 7) is 1.88. The summed E-state index contributed by atoms with van der Waals surface area (Å²) in [7, 11) is 0. The summed E-state index contributed by atoms with van der Waals surface area (Å²) in [5.74, 6) is 0.761. The van der Waals surface area contributed by atoms with E-state index in [1.165, 1.54) is 23.6 Å². The summed E-state index contributed by atoms with van der Waals surface area (Å²) in [6.07, 6.45) is 3.46. The van der Waals surface area contributed by atoms with Gasteiger partial charge in [-0.15, -0.1) is 0 Å². The van der Waals surface area contributed by atoms with E-state index in [0.717, 1.165) is 18.6 Å². The Morgan fingerprint density at radius 2 is 2.10 bits per heavy atom. The number of benzene rings is 1. The number of rotatable bonds is 4. The molecule has 1 heterocycles. The zero-order chi connectivity index (χ0) is 14.1. The molecule has 3 rings (SSSR count). The van der Waals surface area contributed by atoms with E-state index in [9.17, 15) is 4.79 Å². The lowest BCUT2D eigenvalue weighted by molar-refractivity contribution is 0.0695. The third kappa shape index (κ3) is 2.41. The van der Waals surface area contributed by atoms with Crippen LogP contribution in [0.15, 0.2) is 28.7 Å². The summed E-state index contributed by atoms with van der Waals surface area (Å²) in [6, 6.07) is 7.65. The number of aryl methyl sites for hydroxylation is 3. The highest BCUT2D eigenvalue weighted by Gasteiger charge is 2.15. The molecule has 0 saturated heterocycles. The van der Waals surface area contributed by atoms with Gasteiger partial charge in [-0.1, -0.05) is 6.07 Å². The van der Waals surface area contributed by atoms with E-state index in [1.54, 1.807) is 6.92 Å². The molecule has 0 fully saturated rings. The maximum atomic E-state index is 10.9. The first kappa shape index (κ1) is 12.8. The number of ether oxygens (including phenoxy) is 1. The minimum Gasteiger partial charge on any atom is -0.486 e. The van der Waals surface area contributed by atoms with E-state index in [0.29, 0.717) is 11.5 Å². The van der Waals surface area contributed by atoms with E-state index in [2.05, 4.69) is 12.1 Å². The van der Waals surface area contributed by atoms with Crippen LogP contribution in [0.2, 0.25) is 0 Å². The van der Waals surface area contributed by atoms with Crippen molar-refractivity contribution in [1.29, 1.82) is 0 Å². The molecule has 4 nitrogen and oxygen atoms in total. The maximum absolute atomic E-state index is 10.9. The van der Waals surface area contributed by atoms with Gasteiger partial charge in [0.05, 0.1) is 0 Å². The molecule has 1 N–H and O–H groups in total. The molecule has 0 atom stereocenters. The fourth-order valence-electron chi connectivity index (χ4n) is 2.62. The molecule has 0 unspecified atom stereocenters. The van der Waals surface area contributed by atoms with Crippen LogP contribution in [-0.2, 0) is 19.4 Å². The summed E-state index contributed by atoms with van der Waals surface area (Å²) in [5, 5.41) is 8.97. The van der Waals surface area contributed by atoms with Crippen molar-refractivity contribution in [3.63, 3.8) is 0 Å². The topological polar surface area (TPSA) is 59.7 Å². The van der Waals surface area contributed by atoms with E-state index < -0.39 is 5.97 Å². The number of aromatic carboxylic acids is 1. The van der Waals surface area contributed by atoms with Crippen LogP contribution < -0.4 is 4.74 Å². The van der Waals surface area contributed by atoms with Crippen LogP contribution in [0.3, 0.4) is 0 Å². The fraction of sp³-hybridized carbons (Fsp3) is 0.312. The minimum atomic E-state index is -0.977. The van der Waals surface area contributed by atoms with Crippen molar-refractivity contribution in [2.75, 3.05) is 0 Å². The number of carboxylic acid groups (broad SMARTS) is 1. The Bertz CT molecular complexity index is 654. The highest BCUT2D eigenvalue weighted by molar-refractivity contribution is 5.88. The third-order valence-electron chi connectivity index (χ3n) is 3.65. The SMILES string of the molecule is Cc1oc(COc2ccc3c(c2)CCC3)cc1C(=O)O. The Morgan fingerprint density at radius 3 is 2.85 bits per heavy atom. The molecule has 4 heteroatoms. The first-order valence-corrected chi connectivity index (χ1v) is 6.70. The van der Waals surface area contributed by atoms with Crippen LogP contribution in [0.1, 0.15) is 39.4 Å². The predicted molar refractivity (Wildman–Crippen MR) is 73.2 cm³/mol. The Kier molecular flexibility index (Phi) is 3.22. The van der Waals surface area contributed by atoms with Gasteiger partial charge in [-0.25, -0.2) is 4.79 Å². The molecule has 1 aromatic heterocycles. The molecule has 0 radical (unpaired) electrons. The molecule has 0 bridgehead atoms. The van der Waals surface area contributed by atoms with Crippen LogP contribution in [0.25, 0.3) is 0 Å². The normalized spacial score (nSPS) is 13.2. The molecule has 0 amide bonds. The van der Waals surface area contributed by atoms with Crippen molar-refractivity contribution < 1.29 is 19.1 Å². The Labute approximate surface area is 117 Å². The summed E-state index contributed by atoms with van der Waals surface area (Å²) in [4.78, 5) is 10.9. The second-order valence-corrected chi connectivity index (χ2v) is 5.06. The van der Waals surface area contributed by atoms with Crippen molar-refractivity contribution in [1.82, 2.24) is 0 Å². The van der Waals surface area contributed by atoms with Crippen LogP contribution >= 0.6 is 0 Å². The second kappa shape index (κ2) is 5.04. The molecule has 1 aromatic carbocycles. The van der Waals surface area contributed by atoms with E-state index >= 15 is 0 Å². The Hall–Kier alpha value is -2.23. The van der Waals surface area contributed by atoms with Gasteiger partial charge in [0.15, 0.2) is 0 Å². The first-order chi connectivity index (χ1) is 9.63. The molecular weight excluding hydrogens is 256 g/mol. The van der Waals surface area contributed by atoms with Crippen LogP contribution in [-0.4, -0.2) is 11.1 Å². The third-order valence-corrected chi connectivity index (χ3v) is 3.65. The maximum Gasteiger partial charge on any atom is 0.339 e. The van der Waals surface area contributed by atoms with E-state index in [-0.39, 0.29) is 12.2 Å². The summed E-state index contributed by atoms with van der Waals surface area (Å²) >= 11 is 0. The predicted octanol–water partition coefficient (Wildman–Crippen LogP) is 3.35. The molecular formula is C16H16O4. The van der Waals surface area contributed by atoms with Gasteiger partial charge < -0.3 is 14.3 Å². The summed E-state index contributed by atoms with van der Waals surface area (Å²) in [5.41, 5.74) is 2.95. The van der Waals surface area contributed by atoms with Crippen LogP contribution in [0.4, 0.5) is 0 Å². The molecule has 2 aromatic rings. The van der Waals surface area contributed by atoms with E-state index in [4.69, 9.17) is 14.3 Å². The standard InChI is InChI=1S/C16H16O4/c1-10-15(16(17)18)8-14(20-10)9-19-13-6-5-11-3-2-4-12(11)7-13/h5-8H,2-4,9H2,1H3,(H,17,18). The highest BCUT2D eigenvalue weighted by Crippen LogP contribution is 2.26. The molecule has 0 spiro atoms. The average molecular weight is 272 g/mol. The average Bonchev–Trinajstić information content (AvgIpc) is 3.01. The number of fused-ring (bicyclic) bond motifs is 1. The number of furan rings is 1. The van der Waals surface area contributed by atoms with Crippen molar-refractivity contribution in [3.8, 4) is 5.75 Å². The zero-order valence-electron chi connectivity index (χ0n) is 11.3. The number of hydrogen-bond acceptors (Lipinski definition) is 3. The van der Waals surface area contributed by atoms with Crippen molar-refractivity contribution in [3.05, 3.63) is 52.5 Å². The first-order valence-electron chi connectivity index (χ1n) is 6.70. The Morgan fingerprint density at radius 1 is 1.30 bits per heavy atom. The highest BCUT2D eigenvalue weighted by atomic mass is 16.5. The van der Waals surface area contributed by atoms with Crippen LogP contribution in [0.5, 0.6) is 5.75 Å². The van der Waals surface area contributed by atoms with Gasteiger partial charge >= 0.3 is 5.97 Å². The van der Waals surface area contributed by atoms with Gasteiger partial charge in [0.25, 0.3) is 0 Å². The quantitative estimate of drug-likeness (QED) is 0.927. The van der Waals surface area contributed by atoms with Gasteiger partial charge in [-0.2, -0.15) is 0 Å². The molecule has 104 valence electrons. The number of carboxylic acids is 1. The van der Waals surface area contributed by atoms with Crippen LogP contribution in [0, 0.1) is 6.92 Å². The van der Waals surface area contributed by atoms with E-state index in [1.807, 2.05) is 6.07 Å². The van der Waals surface area contributed by atoms with Gasteiger partial charge in [-0.3, -0.25) is 0 Å². The molecule has 20 heavy (non-hydrogen) atoms. The zero-order valence-corrected chi connectivity index (χ0v) is 11.3. The van der Waals surface area contributed by atoms with Gasteiger partial charge in [0.1, 0.15) is 29.4 Å². The molecule has 0 saturated carbocycles. The molecule has 0 aliphatic heterocycles. The fourth-order valence-corrected chi connectivity index (χ4v) is 2.62. The second-order valence-electron chi connectivity index (χ2n) is 5.06. The van der Waals surface area contributed by atoms with Crippen molar-refractivity contribution in [2.45, 2.75) is 32.8 Å². The lowest BCUT2D eigenvalue weighted by atomic mass is 10.1. The van der Waals surface area contributed by atoms with Gasteiger partial charge in [0, 0.05) is 0 Å². The van der Waals surface area contributed by atoms with Crippen molar-refractivity contribution >= 4 is 5.97 Å². The van der Waals surface area contributed by atoms with Gasteiger partial charge in [-0.05, 0) is 55.5 Å². The number of carbonyl (C=O) groups is 1. The summed E-state index contributed by atoms with van der Waals surface area (Å²) < 4.78 is 11.1. The number of hydrogen-bond donors (Lipinski definition) is 1. The Balaban J connectivity index is 1.70. The molecule has 1 aliphatic rings. The molecule has 1 aliphatic carbocycles. The smallest absolute Gasteiger partial charge is 0.339 e. The minimum absolute atomic E-state index is 0.192. The van der Waals surface area contributed by atoms with Gasteiger partial charge in [0.2, 0.25) is 0 Å². The monoisotopic (exact) mass is 272 g/mol.